The van der Waals surface area contributed by atoms with Crippen LogP contribution in [0.25, 0.3) is 0 Å². The second-order valence-corrected chi connectivity index (χ2v) is 5.73. The van der Waals surface area contributed by atoms with Gasteiger partial charge >= 0.3 is 6.18 Å². The molecule has 0 heterocycles. The zero-order valence-corrected chi connectivity index (χ0v) is 12.2. The summed E-state index contributed by atoms with van der Waals surface area (Å²) in [6.07, 6.45) is 3.31. The zero-order chi connectivity index (χ0) is 14.4. The van der Waals surface area contributed by atoms with Crippen LogP contribution in [0.5, 0.6) is 0 Å². The average molecular weight is 280 g/mol. The van der Waals surface area contributed by atoms with E-state index in [0.717, 1.165) is 25.7 Å². The highest BCUT2D eigenvalue weighted by molar-refractivity contribution is 4.90. The van der Waals surface area contributed by atoms with Crippen LogP contribution in [0.15, 0.2) is 0 Å². The van der Waals surface area contributed by atoms with Crippen molar-refractivity contribution >= 4 is 0 Å². The number of hydrogen-bond acceptors (Lipinski definition) is 2. The Hall–Kier alpha value is -0.290. The highest BCUT2D eigenvalue weighted by Crippen LogP contribution is 2.31. The number of alkyl halides is 3. The van der Waals surface area contributed by atoms with E-state index in [9.17, 15) is 13.2 Å². The van der Waals surface area contributed by atoms with Crippen molar-refractivity contribution in [1.29, 1.82) is 0 Å². The summed E-state index contributed by atoms with van der Waals surface area (Å²) in [5.41, 5.74) is 0.0653. The van der Waals surface area contributed by atoms with Gasteiger partial charge < -0.3 is 5.32 Å². The monoisotopic (exact) mass is 280 g/mol. The Labute approximate surface area is 114 Å². The van der Waals surface area contributed by atoms with Crippen molar-refractivity contribution in [3.63, 3.8) is 0 Å². The van der Waals surface area contributed by atoms with E-state index in [1.54, 1.807) is 4.90 Å². The van der Waals surface area contributed by atoms with Gasteiger partial charge in [0.2, 0.25) is 0 Å². The van der Waals surface area contributed by atoms with Gasteiger partial charge in [0.15, 0.2) is 0 Å². The summed E-state index contributed by atoms with van der Waals surface area (Å²) in [5, 5.41) is 3.37. The Balaban J connectivity index is 2.49. The Morgan fingerprint density at radius 2 is 1.74 bits per heavy atom. The Kier molecular flexibility index (Phi) is 6.60. The number of rotatable bonds is 7. The summed E-state index contributed by atoms with van der Waals surface area (Å²) in [6, 6.07) is 0. The molecule has 1 aliphatic rings. The Bertz CT molecular complexity index is 248. The molecule has 0 atom stereocenters. The first-order chi connectivity index (χ1) is 8.91. The normalized spacial score (nSPS) is 19.9. The maximum absolute atomic E-state index is 12.5. The smallest absolute Gasteiger partial charge is 0.314 e. The molecule has 0 saturated heterocycles. The lowest BCUT2D eigenvalue weighted by molar-refractivity contribution is -0.146. The SMILES string of the molecule is CCCN(CCC1(NC)CCCCC1)CC(F)(F)F. The molecule has 0 unspecified atom stereocenters. The highest BCUT2D eigenvalue weighted by atomic mass is 19.4. The minimum atomic E-state index is -4.09. The number of halogens is 3. The van der Waals surface area contributed by atoms with Crippen molar-refractivity contribution < 1.29 is 13.2 Å². The third kappa shape index (κ3) is 6.13. The minimum absolute atomic E-state index is 0.0653. The van der Waals surface area contributed by atoms with Gasteiger partial charge in [0.1, 0.15) is 0 Å². The summed E-state index contributed by atoms with van der Waals surface area (Å²) in [4.78, 5) is 1.55. The van der Waals surface area contributed by atoms with Crippen LogP contribution in [0.3, 0.4) is 0 Å². The highest BCUT2D eigenvalue weighted by Gasteiger charge is 2.33. The van der Waals surface area contributed by atoms with E-state index in [1.165, 1.54) is 19.3 Å². The van der Waals surface area contributed by atoms with Crippen LogP contribution >= 0.6 is 0 Å². The fourth-order valence-electron chi connectivity index (χ4n) is 3.07. The molecule has 0 spiro atoms. The van der Waals surface area contributed by atoms with E-state index < -0.39 is 12.7 Å². The molecule has 0 aromatic heterocycles. The topological polar surface area (TPSA) is 15.3 Å². The molecule has 1 rings (SSSR count). The molecular formula is C14H27F3N2. The second-order valence-electron chi connectivity index (χ2n) is 5.73. The van der Waals surface area contributed by atoms with Gasteiger partial charge in [-0.2, -0.15) is 13.2 Å². The molecule has 1 N–H and O–H groups in total. The molecule has 114 valence electrons. The lowest BCUT2D eigenvalue weighted by Crippen LogP contribution is -2.48. The van der Waals surface area contributed by atoms with Gasteiger partial charge in [0.05, 0.1) is 6.54 Å². The first-order valence-electron chi connectivity index (χ1n) is 7.39. The maximum Gasteiger partial charge on any atom is 0.401 e. The van der Waals surface area contributed by atoms with Crippen molar-refractivity contribution in [2.24, 2.45) is 0 Å². The van der Waals surface area contributed by atoms with Gasteiger partial charge in [-0.25, -0.2) is 0 Å². The van der Waals surface area contributed by atoms with Crippen molar-refractivity contribution in [3.05, 3.63) is 0 Å². The number of hydrogen-bond donors (Lipinski definition) is 1. The third-order valence-corrected chi connectivity index (χ3v) is 4.19. The van der Waals surface area contributed by atoms with Crippen LogP contribution in [-0.2, 0) is 0 Å². The van der Waals surface area contributed by atoms with Gasteiger partial charge in [-0.1, -0.05) is 26.2 Å². The van der Waals surface area contributed by atoms with Crippen LogP contribution in [-0.4, -0.2) is 43.3 Å². The van der Waals surface area contributed by atoms with E-state index in [0.29, 0.717) is 13.1 Å². The molecule has 1 aliphatic carbocycles. The molecule has 0 aromatic rings. The summed E-state index contributed by atoms with van der Waals surface area (Å²) < 4.78 is 37.5. The first kappa shape index (κ1) is 16.8. The van der Waals surface area contributed by atoms with Gasteiger partial charge in [-0.05, 0) is 39.3 Å². The third-order valence-electron chi connectivity index (χ3n) is 4.19. The van der Waals surface area contributed by atoms with E-state index in [4.69, 9.17) is 0 Å². The van der Waals surface area contributed by atoms with Crippen LogP contribution in [0.2, 0.25) is 0 Å². The van der Waals surface area contributed by atoms with Crippen LogP contribution in [0.4, 0.5) is 13.2 Å². The Morgan fingerprint density at radius 1 is 1.11 bits per heavy atom. The maximum atomic E-state index is 12.5. The molecule has 0 aliphatic heterocycles. The molecule has 19 heavy (non-hydrogen) atoms. The van der Waals surface area contributed by atoms with Gasteiger partial charge in [0.25, 0.3) is 0 Å². The van der Waals surface area contributed by atoms with Crippen molar-refractivity contribution in [3.8, 4) is 0 Å². The lowest BCUT2D eigenvalue weighted by Gasteiger charge is -2.39. The fourth-order valence-corrected chi connectivity index (χ4v) is 3.07. The summed E-state index contributed by atoms with van der Waals surface area (Å²) in [7, 11) is 1.94. The standard InChI is InChI=1S/C14H27F3N2/c1-3-10-19(12-14(15,16)17)11-9-13(18-2)7-5-4-6-8-13/h18H,3-12H2,1-2H3. The number of nitrogens with zero attached hydrogens (tertiary/aromatic N) is 1. The molecule has 0 amide bonds. The quantitative estimate of drug-likeness (QED) is 0.767. The minimum Gasteiger partial charge on any atom is -0.314 e. The predicted octanol–water partition coefficient (Wildman–Crippen LogP) is 3.57. The fraction of sp³-hybridized carbons (Fsp3) is 1.00. The molecule has 0 radical (unpaired) electrons. The van der Waals surface area contributed by atoms with Crippen LogP contribution < -0.4 is 5.32 Å². The van der Waals surface area contributed by atoms with E-state index in [2.05, 4.69) is 5.32 Å². The van der Waals surface area contributed by atoms with E-state index in [1.807, 2.05) is 14.0 Å². The van der Waals surface area contributed by atoms with Crippen molar-refractivity contribution in [2.75, 3.05) is 26.7 Å². The molecule has 1 fully saturated rings. The molecular weight excluding hydrogens is 253 g/mol. The van der Waals surface area contributed by atoms with Crippen LogP contribution in [0.1, 0.15) is 51.9 Å². The van der Waals surface area contributed by atoms with Gasteiger partial charge in [-0.3, -0.25) is 4.90 Å². The predicted molar refractivity (Wildman–Crippen MR) is 72.3 cm³/mol. The van der Waals surface area contributed by atoms with Gasteiger partial charge in [0, 0.05) is 12.1 Å². The zero-order valence-electron chi connectivity index (χ0n) is 12.2. The molecule has 0 bridgehead atoms. The van der Waals surface area contributed by atoms with E-state index >= 15 is 0 Å². The summed E-state index contributed by atoms with van der Waals surface area (Å²) in [6.45, 7) is 2.21. The largest absolute Gasteiger partial charge is 0.401 e. The van der Waals surface area contributed by atoms with Gasteiger partial charge in [-0.15, -0.1) is 0 Å². The Morgan fingerprint density at radius 3 is 2.21 bits per heavy atom. The second kappa shape index (κ2) is 7.48. The molecule has 1 saturated carbocycles. The van der Waals surface area contributed by atoms with Crippen molar-refractivity contribution in [1.82, 2.24) is 10.2 Å². The lowest BCUT2D eigenvalue weighted by atomic mass is 9.79. The molecule has 2 nitrogen and oxygen atoms in total. The van der Waals surface area contributed by atoms with Crippen molar-refractivity contribution in [2.45, 2.75) is 63.6 Å². The van der Waals surface area contributed by atoms with Crippen LogP contribution in [0, 0.1) is 0 Å². The molecule has 5 heteroatoms. The average Bonchev–Trinajstić information content (AvgIpc) is 2.36. The number of nitrogens with one attached hydrogen (secondary N) is 1. The van der Waals surface area contributed by atoms with E-state index in [-0.39, 0.29) is 5.54 Å². The summed E-state index contributed by atoms with van der Waals surface area (Å²) >= 11 is 0. The molecule has 0 aromatic carbocycles. The first-order valence-corrected chi connectivity index (χ1v) is 7.39. The summed E-state index contributed by atoms with van der Waals surface area (Å²) in [5.74, 6) is 0.